The van der Waals surface area contributed by atoms with Crippen LogP contribution in [-0.2, 0) is 21.2 Å². The molecular weight excluding hydrogens is 498 g/mol. The molecule has 5 rings (SSSR count). The molecule has 38 heavy (non-hydrogen) atoms. The van der Waals surface area contributed by atoms with Crippen molar-refractivity contribution in [2.45, 2.75) is 23.7 Å². The summed E-state index contributed by atoms with van der Waals surface area (Å²) in [6.07, 6.45) is 0. The molecule has 1 atom stereocenters. The van der Waals surface area contributed by atoms with Crippen molar-refractivity contribution in [1.82, 2.24) is 4.98 Å². The smallest absolute Gasteiger partial charge is 0.338 e. The molecule has 7 heteroatoms. The fourth-order valence-electron chi connectivity index (χ4n) is 4.14. The third kappa shape index (κ3) is 5.28. The molecule has 0 radical (unpaired) electrons. The van der Waals surface area contributed by atoms with Gasteiger partial charge >= 0.3 is 5.97 Å². The van der Waals surface area contributed by atoms with Crippen molar-refractivity contribution < 1.29 is 22.4 Å². The van der Waals surface area contributed by atoms with Crippen molar-refractivity contribution in [3.63, 3.8) is 0 Å². The third-order valence-corrected chi connectivity index (χ3v) is 8.15. The van der Waals surface area contributed by atoms with Gasteiger partial charge in [-0.3, -0.25) is 0 Å². The number of hydrogen-bond donors (Lipinski definition) is 0. The molecule has 0 aliphatic heterocycles. The summed E-state index contributed by atoms with van der Waals surface area (Å²) >= 11 is 0. The van der Waals surface area contributed by atoms with Crippen molar-refractivity contribution in [2.24, 2.45) is 0 Å². The van der Waals surface area contributed by atoms with E-state index in [0.717, 1.165) is 5.56 Å². The summed E-state index contributed by atoms with van der Waals surface area (Å²) in [5.41, 5.74) is 2.70. The number of aromatic nitrogens is 1. The standard InChI is InChI=1S/C31H25NO5S/c1-22-17-19-26(20-18-22)38(34,35)29(23-11-5-2-6-12-23)28-27(21-36-31(33)25-15-9-4-10-16-25)37-30(32-28)24-13-7-3-8-14-24/h2-20,29H,21H2,1H3/t29-/m0/s1. The fourth-order valence-corrected chi connectivity index (χ4v) is 5.92. The summed E-state index contributed by atoms with van der Waals surface area (Å²) in [5.74, 6) is -0.143. The van der Waals surface area contributed by atoms with Crippen LogP contribution in [0, 0.1) is 6.92 Å². The van der Waals surface area contributed by atoms with Gasteiger partial charge in [0.15, 0.2) is 22.2 Å². The minimum absolute atomic E-state index is 0.161. The van der Waals surface area contributed by atoms with Crippen LogP contribution >= 0.6 is 0 Å². The fraction of sp³-hybridized carbons (Fsp3) is 0.0968. The summed E-state index contributed by atoms with van der Waals surface area (Å²) in [6.45, 7) is 1.61. The molecule has 1 heterocycles. The molecule has 0 fully saturated rings. The van der Waals surface area contributed by atoms with Crippen molar-refractivity contribution >= 4 is 15.8 Å². The Morgan fingerprint density at radius 2 is 1.39 bits per heavy atom. The number of esters is 1. The number of ether oxygens (including phenoxy) is 1. The highest BCUT2D eigenvalue weighted by atomic mass is 32.2. The molecule has 0 unspecified atom stereocenters. The predicted molar refractivity (Wildman–Crippen MR) is 144 cm³/mol. The molecule has 0 bridgehead atoms. The SMILES string of the molecule is Cc1ccc(S(=O)(=O)[C@@H](c2ccccc2)c2nc(-c3ccccc3)oc2COC(=O)c2ccccc2)cc1. The van der Waals surface area contributed by atoms with E-state index >= 15 is 0 Å². The summed E-state index contributed by atoms with van der Waals surface area (Å²) in [5, 5.41) is -1.18. The van der Waals surface area contributed by atoms with Crippen LogP contribution in [0.15, 0.2) is 125 Å². The number of benzene rings is 4. The van der Waals surface area contributed by atoms with Gasteiger partial charge in [0.25, 0.3) is 0 Å². The van der Waals surface area contributed by atoms with E-state index in [1.54, 1.807) is 78.9 Å². The van der Waals surface area contributed by atoms with E-state index in [0.29, 0.717) is 16.7 Å². The van der Waals surface area contributed by atoms with Gasteiger partial charge in [-0.05, 0) is 48.9 Å². The van der Waals surface area contributed by atoms with Crippen molar-refractivity contribution in [1.29, 1.82) is 0 Å². The number of nitrogens with zero attached hydrogens (tertiary/aromatic N) is 1. The summed E-state index contributed by atoms with van der Waals surface area (Å²) in [6, 6.07) is 33.3. The molecule has 0 saturated carbocycles. The minimum Gasteiger partial charge on any atom is -0.454 e. The second kappa shape index (κ2) is 10.9. The molecule has 4 aromatic carbocycles. The number of hydrogen-bond acceptors (Lipinski definition) is 6. The number of carbonyl (C=O) groups excluding carboxylic acids is 1. The monoisotopic (exact) mass is 523 g/mol. The quantitative estimate of drug-likeness (QED) is 0.214. The van der Waals surface area contributed by atoms with E-state index in [2.05, 4.69) is 4.98 Å². The molecular formula is C31H25NO5S. The van der Waals surface area contributed by atoms with E-state index in [4.69, 9.17) is 9.15 Å². The number of carbonyl (C=O) groups is 1. The van der Waals surface area contributed by atoms with Gasteiger partial charge in [0.2, 0.25) is 5.89 Å². The maximum absolute atomic E-state index is 14.1. The van der Waals surface area contributed by atoms with Gasteiger partial charge in [0.1, 0.15) is 10.9 Å². The molecule has 190 valence electrons. The summed E-state index contributed by atoms with van der Waals surface area (Å²) < 4.78 is 39.9. The number of sulfone groups is 1. The second-order valence-corrected chi connectivity index (χ2v) is 10.8. The molecule has 6 nitrogen and oxygen atoms in total. The van der Waals surface area contributed by atoms with E-state index in [-0.39, 0.29) is 28.8 Å². The Labute approximate surface area is 221 Å². The van der Waals surface area contributed by atoms with Crippen LogP contribution < -0.4 is 0 Å². The third-order valence-electron chi connectivity index (χ3n) is 6.10. The Morgan fingerprint density at radius 3 is 2.03 bits per heavy atom. The maximum Gasteiger partial charge on any atom is 0.338 e. The number of rotatable bonds is 8. The Hall–Kier alpha value is -4.49. The Kier molecular flexibility index (Phi) is 7.20. The number of aryl methyl sites for hydroxylation is 1. The van der Waals surface area contributed by atoms with Crippen molar-refractivity contribution in [3.8, 4) is 11.5 Å². The first-order valence-electron chi connectivity index (χ1n) is 12.1. The lowest BCUT2D eigenvalue weighted by Crippen LogP contribution is -2.18. The minimum atomic E-state index is -3.97. The summed E-state index contributed by atoms with van der Waals surface area (Å²) in [7, 11) is -3.97. The first kappa shape index (κ1) is 25.2. The Bertz CT molecular complexity index is 1630. The van der Waals surface area contributed by atoms with Gasteiger partial charge in [-0.15, -0.1) is 0 Å². The van der Waals surface area contributed by atoms with Gasteiger partial charge in [0.05, 0.1) is 10.5 Å². The Morgan fingerprint density at radius 1 is 0.816 bits per heavy atom. The zero-order chi connectivity index (χ0) is 26.5. The molecule has 1 aromatic heterocycles. The van der Waals surface area contributed by atoms with E-state index < -0.39 is 21.1 Å². The lowest BCUT2D eigenvalue weighted by molar-refractivity contribution is 0.0445. The Balaban J connectivity index is 1.63. The van der Waals surface area contributed by atoms with E-state index in [9.17, 15) is 13.2 Å². The number of oxazole rings is 1. The van der Waals surface area contributed by atoms with Gasteiger partial charge in [0, 0.05) is 5.56 Å². The predicted octanol–water partition coefficient (Wildman–Crippen LogP) is 6.57. The van der Waals surface area contributed by atoms with E-state index in [1.165, 1.54) is 0 Å². The van der Waals surface area contributed by atoms with Crippen molar-refractivity contribution in [3.05, 3.63) is 143 Å². The largest absolute Gasteiger partial charge is 0.454 e. The van der Waals surface area contributed by atoms with Crippen LogP contribution in [0.2, 0.25) is 0 Å². The van der Waals surface area contributed by atoms with Crippen LogP contribution in [0.25, 0.3) is 11.5 Å². The average molecular weight is 524 g/mol. The zero-order valence-corrected chi connectivity index (χ0v) is 21.5. The van der Waals surface area contributed by atoms with Crippen LogP contribution in [-0.4, -0.2) is 19.4 Å². The summed E-state index contributed by atoms with van der Waals surface area (Å²) in [4.78, 5) is 17.5. The first-order chi connectivity index (χ1) is 18.4. The van der Waals surface area contributed by atoms with Gasteiger partial charge in [-0.1, -0.05) is 84.4 Å². The average Bonchev–Trinajstić information content (AvgIpc) is 3.37. The van der Waals surface area contributed by atoms with Crippen LogP contribution in [0.3, 0.4) is 0 Å². The second-order valence-electron chi connectivity index (χ2n) is 8.78. The highest BCUT2D eigenvalue weighted by molar-refractivity contribution is 7.91. The zero-order valence-electron chi connectivity index (χ0n) is 20.7. The van der Waals surface area contributed by atoms with Gasteiger partial charge in [-0.25, -0.2) is 18.2 Å². The van der Waals surface area contributed by atoms with Gasteiger partial charge < -0.3 is 9.15 Å². The van der Waals surface area contributed by atoms with Gasteiger partial charge in [-0.2, -0.15) is 0 Å². The van der Waals surface area contributed by atoms with E-state index in [1.807, 2.05) is 43.3 Å². The van der Waals surface area contributed by atoms with Crippen LogP contribution in [0.1, 0.15) is 38.2 Å². The molecule has 0 amide bonds. The lowest BCUT2D eigenvalue weighted by atomic mass is 10.1. The highest BCUT2D eigenvalue weighted by Crippen LogP contribution is 2.38. The molecule has 0 saturated heterocycles. The first-order valence-corrected chi connectivity index (χ1v) is 13.6. The molecule has 0 aliphatic rings. The normalized spacial score (nSPS) is 12.1. The molecule has 5 aromatic rings. The maximum atomic E-state index is 14.1. The molecule has 0 spiro atoms. The van der Waals surface area contributed by atoms with Crippen LogP contribution in [0.4, 0.5) is 0 Å². The van der Waals surface area contributed by atoms with Crippen molar-refractivity contribution in [2.75, 3.05) is 0 Å². The lowest BCUT2D eigenvalue weighted by Gasteiger charge is -2.18. The highest BCUT2D eigenvalue weighted by Gasteiger charge is 2.36. The molecule has 0 N–H and O–H groups in total. The topological polar surface area (TPSA) is 86.5 Å². The van der Waals surface area contributed by atoms with Crippen LogP contribution in [0.5, 0.6) is 0 Å². The molecule has 0 aliphatic carbocycles.